The van der Waals surface area contributed by atoms with E-state index in [9.17, 15) is 4.79 Å². The molecule has 0 aromatic carbocycles. The van der Waals surface area contributed by atoms with Crippen LogP contribution in [0.4, 0.5) is 11.8 Å². The molecule has 0 radical (unpaired) electrons. The number of hydrogen-bond donors (Lipinski definition) is 2. The lowest BCUT2D eigenvalue weighted by Crippen LogP contribution is -2.27. The van der Waals surface area contributed by atoms with Gasteiger partial charge in [0, 0.05) is 17.8 Å². The van der Waals surface area contributed by atoms with Crippen molar-refractivity contribution < 1.29 is 4.79 Å². The van der Waals surface area contributed by atoms with Crippen LogP contribution in [-0.4, -0.2) is 37.2 Å². The number of nitrogens with two attached hydrogens (primary N) is 1. The number of H-pyrrole nitrogens is 1. The van der Waals surface area contributed by atoms with Gasteiger partial charge in [-0.25, -0.2) is 4.98 Å². The van der Waals surface area contributed by atoms with Crippen LogP contribution in [0, 0.1) is 0 Å². The van der Waals surface area contributed by atoms with E-state index < -0.39 is 0 Å². The first-order chi connectivity index (χ1) is 8.15. The van der Waals surface area contributed by atoms with Crippen molar-refractivity contribution in [2.45, 2.75) is 11.2 Å². The highest BCUT2D eigenvalue weighted by Crippen LogP contribution is 2.24. The first-order valence-electron chi connectivity index (χ1n) is 5.06. The molecule has 0 saturated carbocycles. The van der Waals surface area contributed by atoms with Crippen molar-refractivity contribution in [3.05, 3.63) is 6.33 Å². The maximum absolute atomic E-state index is 11.7. The van der Waals surface area contributed by atoms with Crippen LogP contribution in [0.2, 0.25) is 0 Å². The summed E-state index contributed by atoms with van der Waals surface area (Å²) >= 11 is 3.41. The van der Waals surface area contributed by atoms with E-state index in [4.69, 9.17) is 5.73 Å². The lowest BCUT2D eigenvalue weighted by molar-refractivity contribution is -0.117. The number of amides is 1. The zero-order chi connectivity index (χ0) is 12.0. The fourth-order valence-electron chi connectivity index (χ4n) is 1.82. The van der Waals surface area contributed by atoms with Crippen LogP contribution >= 0.6 is 15.9 Å². The SMILES string of the molecule is Nc1nc(N2CC(Br)CC2=O)nc2nc[nH]c12. The number of aromatic nitrogens is 4. The first-order valence-corrected chi connectivity index (χ1v) is 5.98. The van der Waals surface area contributed by atoms with Crippen molar-refractivity contribution >= 4 is 44.8 Å². The van der Waals surface area contributed by atoms with E-state index in [0.29, 0.717) is 35.9 Å². The van der Waals surface area contributed by atoms with Crippen molar-refractivity contribution in [3.8, 4) is 0 Å². The molecule has 2 aromatic heterocycles. The Morgan fingerprint density at radius 1 is 1.53 bits per heavy atom. The molecule has 1 aliphatic heterocycles. The van der Waals surface area contributed by atoms with Gasteiger partial charge in [-0.05, 0) is 0 Å². The summed E-state index contributed by atoms with van der Waals surface area (Å²) in [6.07, 6.45) is 1.94. The number of nitrogen functional groups attached to an aromatic ring is 1. The molecule has 7 nitrogen and oxygen atoms in total. The van der Waals surface area contributed by atoms with Crippen LogP contribution in [0.15, 0.2) is 6.33 Å². The first kappa shape index (κ1) is 10.5. The smallest absolute Gasteiger partial charge is 0.236 e. The molecule has 1 unspecified atom stereocenters. The summed E-state index contributed by atoms with van der Waals surface area (Å²) in [5.41, 5.74) is 6.84. The Morgan fingerprint density at radius 3 is 3.06 bits per heavy atom. The van der Waals surface area contributed by atoms with Crippen molar-refractivity contribution in [2.24, 2.45) is 0 Å². The molecular weight excluding hydrogens is 288 g/mol. The van der Waals surface area contributed by atoms with Gasteiger partial charge >= 0.3 is 0 Å². The number of carbonyl (C=O) groups excluding carboxylic acids is 1. The molecule has 1 amide bonds. The average molecular weight is 297 g/mol. The third-order valence-corrected chi connectivity index (χ3v) is 3.23. The average Bonchev–Trinajstić information content (AvgIpc) is 2.84. The van der Waals surface area contributed by atoms with Crippen LogP contribution in [0.3, 0.4) is 0 Å². The van der Waals surface area contributed by atoms with E-state index in [1.165, 1.54) is 11.2 Å². The Bertz CT molecular complexity index is 596. The molecule has 3 rings (SSSR count). The van der Waals surface area contributed by atoms with Gasteiger partial charge in [0.05, 0.1) is 6.33 Å². The molecule has 1 atom stereocenters. The predicted molar refractivity (Wildman–Crippen MR) is 65.8 cm³/mol. The number of nitrogens with zero attached hydrogens (tertiary/aromatic N) is 4. The van der Waals surface area contributed by atoms with Gasteiger partial charge in [-0.15, -0.1) is 0 Å². The molecule has 88 valence electrons. The highest BCUT2D eigenvalue weighted by Gasteiger charge is 2.31. The maximum atomic E-state index is 11.7. The zero-order valence-electron chi connectivity index (χ0n) is 8.72. The molecule has 1 fully saturated rings. The van der Waals surface area contributed by atoms with Gasteiger partial charge in [0.15, 0.2) is 11.5 Å². The normalized spacial score (nSPS) is 20.4. The number of carbonyl (C=O) groups is 1. The Labute approximate surface area is 105 Å². The van der Waals surface area contributed by atoms with Crippen LogP contribution in [0.5, 0.6) is 0 Å². The van der Waals surface area contributed by atoms with Crippen LogP contribution in [0.25, 0.3) is 11.2 Å². The largest absolute Gasteiger partial charge is 0.382 e. The van der Waals surface area contributed by atoms with Gasteiger partial charge in [0.1, 0.15) is 5.52 Å². The van der Waals surface area contributed by atoms with Crippen LogP contribution in [0.1, 0.15) is 6.42 Å². The second-order valence-corrected chi connectivity index (χ2v) is 5.11. The molecule has 2 aromatic rings. The molecule has 3 heterocycles. The minimum absolute atomic E-state index is 0.0128. The molecular formula is C9H9BrN6O. The minimum atomic E-state index is -0.0128. The lowest BCUT2D eigenvalue weighted by Gasteiger charge is -2.13. The van der Waals surface area contributed by atoms with Gasteiger partial charge in [0.25, 0.3) is 0 Å². The fraction of sp³-hybridized carbons (Fsp3) is 0.333. The second kappa shape index (κ2) is 3.66. The van der Waals surface area contributed by atoms with Gasteiger partial charge < -0.3 is 10.7 Å². The number of anilines is 2. The van der Waals surface area contributed by atoms with Crippen LogP contribution < -0.4 is 10.6 Å². The minimum Gasteiger partial charge on any atom is -0.382 e. The van der Waals surface area contributed by atoms with Crippen molar-refractivity contribution in [1.82, 2.24) is 19.9 Å². The Hall–Kier alpha value is -1.70. The van der Waals surface area contributed by atoms with E-state index in [1.54, 1.807) is 0 Å². The number of nitrogens with one attached hydrogen (secondary N) is 1. The monoisotopic (exact) mass is 296 g/mol. The topological polar surface area (TPSA) is 101 Å². The molecule has 17 heavy (non-hydrogen) atoms. The van der Waals surface area contributed by atoms with E-state index in [2.05, 4.69) is 35.9 Å². The second-order valence-electron chi connectivity index (χ2n) is 3.82. The van der Waals surface area contributed by atoms with Gasteiger partial charge in [-0.3, -0.25) is 9.69 Å². The Balaban J connectivity index is 2.08. The van der Waals surface area contributed by atoms with Gasteiger partial charge in [-0.1, -0.05) is 15.9 Å². The van der Waals surface area contributed by atoms with Crippen molar-refractivity contribution in [1.29, 1.82) is 0 Å². The number of fused-ring (bicyclic) bond motifs is 1. The lowest BCUT2D eigenvalue weighted by atomic mass is 10.4. The number of halogens is 1. The quantitative estimate of drug-likeness (QED) is 0.744. The van der Waals surface area contributed by atoms with Crippen LogP contribution in [-0.2, 0) is 4.79 Å². The van der Waals surface area contributed by atoms with E-state index >= 15 is 0 Å². The molecule has 0 bridgehead atoms. The van der Waals surface area contributed by atoms with Crippen molar-refractivity contribution in [2.75, 3.05) is 17.2 Å². The maximum Gasteiger partial charge on any atom is 0.236 e. The summed E-state index contributed by atoms with van der Waals surface area (Å²) in [6, 6.07) is 0. The summed E-state index contributed by atoms with van der Waals surface area (Å²) in [5, 5.41) is 0. The molecule has 0 aliphatic carbocycles. The molecule has 1 aliphatic rings. The number of rotatable bonds is 1. The standard InChI is InChI=1S/C9H9BrN6O/c10-4-1-5(17)16(2-4)9-14-7(11)6-8(15-9)13-3-12-6/h3-4H,1-2H2,(H3,11,12,13,14,15). The fourth-order valence-corrected chi connectivity index (χ4v) is 2.39. The van der Waals surface area contributed by atoms with Crippen molar-refractivity contribution in [3.63, 3.8) is 0 Å². The summed E-state index contributed by atoms with van der Waals surface area (Å²) in [6.45, 7) is 0.550. The van der Waals surface area contributed by atoms with E-state index in [1.807, 2.05) is 0 Å². The van der Waals surface area contributed by atoms with Gasteiger partial charge in [-0.2, -0.15) is 9.97 Å². The predicted octanol–water partition coefficient (Wildman–Crippen LogP) is 0.435. The highest BCUT2D eigenvalue weighted by molar-refractivity contribution is 9.09. The molecule has 0 spiro atoms. The molecule has 8 heteroatoms. The third kappa shape index (κ3) is 1.64. The van der Waals surface area contributed by atoms with Gasteiger partial charge in [0.2, 0.25) is 11.9 Å². The van der Waals surface area contributed by atoms with E-state index in [-0.39, 0.29) is 10.7 Å². The number of imidazole rings is 1. The summed E-state index contributed by atoms with van der Waals surface area (Å²) in [4.78, 5) is 28.6. The number of alkyl halides is 1. The van der Waals surface area contributed by atoms with E-state index in [0.717, 1.165) is 0 Å². The third-order valence-electron chi connectivity index (χ3n) is 2.62. The molecule has 1 saturated heterocycles. The Morgan fingerprint density at radius 2 is 2.35 bits per heavy atom. The number of aromatic amines is 1. The summed E-state index contributed by atoms with van der Waals surface area (Å²) in [5.74, 6) is 0.600. The summed E-state index contributed by atoms with van der Waals surface area (Å²) in [7, 11) is 0. The zero-order valence-corrected chi connectivity index (χ0v) is 10.3. The molecule has 3 N–H and O–H groups in total. The highest BCUT2D eigenvalue weighted by atomic mass is 79.9. The Kier molecular flexibility index (Phi) is 2.25. The number of hydrogen-bond acceptors (Lipinski definition) is 5. The summed E-state index contributed by atoms with van der Waals surface area (Å²) < 4.78 is 0.